The molecule has 2 unspecified atom stereocenters. The minimum Gasteiger partial charge on any atom is -0.379 e. The lowest BCUT2D eigenvalue weighted by Gasteiger charge is -2.26. The number of aromatic nitrogens is 2. The van der Waals surface area contributed by atoms with Gasteiger partial charge in [0.15, 0.2) is 0 Å². The quantitative estimate of drug-likeness (QED) is 0.899. The molecule has 0 aliphatic carbocycles. The van der Waals surface area contributed by atoms with Crippen molar-refractivity contribution in [2.75, 3.05) is 13.2 Å². The molecule has 1 aromatic heterocycles. The zero-order chi connectivity index (χ0) is 13.6. The first-order valence-corrected chi connectivity index (χ1v) is 6.56. The number of benzene rings is 1. The second-order valence-electron chi connectivity index (χ2n) is 5.35. The Hall–Kier alpha value is -1.46. The first kappa shape index (κ1) is 12.6. The van der Waals surface area contributed by atoms with Gasteiger partial charge in [-0.2, -0.15) is 0 Å². The fourth-order valence-corrected chi connectivity index (χ4v) is 2.77. The average molecular weight is 263 g/mol. The Bertz CT molecular complexity index is 624. The van der Waals surface area contributed by atoms with Gasteiger partial charge in [-0.3, -0.25) is 0 Å². The molecule has 102 valence electrons. The van der Waals surface area contributed by atoms with Crippen LogP contribution in [0.2, 0.25) is 0 Å². The summed E-state index contributed by atoms with van der Waals surface area (Å²) in [6.07, 6.45) is 0. The van der Waals surface area contributed by atoms with Crippen LogP contribution in [0.1, 0.15) is 19.7 Å². The Morgan fingerprint density at radius 3 is 3.00 bits per heavy atom. The predicted molar refractivity (Wildman–Crippen MR) is 71.5 cm³/mol. The van der Waals surface area contributed by atoms with Crippen molar-refractivity contribution in [3.05, 3.63) is 29.8 Å². The summed E-state index contributed by atoms with van der Waals surface area (Å²) in [4.78, 5) is 4.67. The van der Waals surface area contributed by atoms with Crippen LogP contribution in [-0.4, -0.2) is 28.8 Å². The molecule has 5 heteroatoms. The molecule has 1 fully saturated rings. The molecule has 1 aromatic carbocycles. The molecule has 0 saturated carbocycles. The van der Waals surface area contributed by atoms with Crippen molar-refractivity contribution >= 4 is 11.0 Å². The van der Waals surface area contributed by atoms with Crippen LogP contribution < -0.4 is 5.73 Å². The summed E-state index contributed by atoms with van der Waals surface area (Å²) in [6, 6.07) is 4.59. The number of hydrogen-bond acceptors (Lipinski definition) is 3. The lowest BCUT2D eigenvalue weighted by Crippen LogP contribution is -2.43. The van der Waals surface area contributed by atoms with E-state index in [2.05, 4.69) is 11.9 Å². The number of hydrogen-bond donors (Lipinski definition) is 1. The highest BCUT2D eigenvalue weighted by molar-refractivity contribution is 5.76. The van der Waals surface area contributed by atoms with Gasteiger partial charge in [0.05, 0.1) is 29.7 Å². The summed E-state index contributed by atoms with van der Waals surface area (Å²) in [5.41, 5.74) is 7.48. The Labute approximate surface area is 111 Å². The third-order valence-electron chi connectivity index (χ3n) is 4.06. The second-order valence-corrected chi connectivity index (χ2v) is 5.35. The molecule has 1 aliphatic heterocycles. The number of aryl methyl sites for hydroxylation is 1. The standard InChI is InChI=1S/C14H18FN3O/c1-3-18-11-6-9(15)4-5-10(11)17-13(18)14(2)8-19-7-12(14)16/h4-6,12H,3,7-8,16H2,1-2H3. The molecule has 0 bridgehead atoms. The smallest absolute Gasteiger partial charge is 0.125 e. The van der Waals surface area contributed by atoms with Crippen LogP contribution in [0.4, 0.5) is 4.39 Å². The first-order chi connectivity index (χ1) is 9.06. The van der Waals surface area contributed by atoms with Crippen LogP contribution in [0, 0.1) is 5.82 Å². The zero-order valence-electron chi connectivity index (χ0n) is 11.2. The van der Waals surface area contributed by atoms with E-state index < -0.39 is 0 Å². The first-order valence-electron chi connectivity index (χ1n) is 6.56. The molecule has 2 heterocycles. The van der Waals surface area contributed by atoms with Crippen LogP contribution in [0.3, 0.4) is 0 Å². The van der Waals surface area contributed by atoms with E-state index in [4.69, 9.17) is 10.5 Å². The molecular weight excluding hydrogens is 245 g/mol. The van der Waals surface area contributed by atoms with E-state index in [1.54, 1.807) is 6.07 Å². The van der Waals surface area contributed by atoms with Crippen molar-refractivity contribution in [2.45, 2.75) is 31.8 Å². The minimum absolute atomic E-state index is 0.0838. The van der Waals surface area contributed by atoms with Crippen LogP contribution in [0.5, 0.6) is 0 Å². The Kier molecular flexibility index (Phi) is 2.83. The zero-order valence-corrected chi connectivity index (χ0v) is 11.2. The molecule has 1 saturated heterocycles. The van der Waals surface area contributed by atoms with Gasteiger partial charge in [-0.1, -0.05) is 0 Å². The van der Waals surface area contributed by atoms with E-state index in [-0.39, 0.29) is 17.3 Å². The fourth-order valence-electron chi connectivity index (χ4n) is 2.77. The monoisotopic (exact) mass is 263 g/mol. The number of halogens is 1. The van der Waals surface area contributed by atoms with Gasteiger partial charge in [0, 0.05) is 12.6 Å². The highest BCUT2D eigenvalue weighted by Gasteiger charge is 2.43. The Morgan fingerprint density at radius 2 is 2.37 bits per heavy atom. The summed E-state index contributed by atoms with van der Waals surface area (Å²) in [7, 11) is 0. The minimum atomic E-state index is -0.314. The highest BCUT2D eigenvalue weighted by atomic mass is 19.1. The molecule has 0 radical (unpaired) electrons. The summed E-state index contributed by atoms with van der Waals surface area (Å²) in [5, 5.41) is 0. The van der Waals surface area contributed by atoms with E-state index in [0.29, 0.717) is 13.2 Å². The number of nitrogens with two attached hydrogens (primary N) is 1. The fraction of sp³-hybridized carbons (Fsp3) is 0.500. The lowest BCUT2D eigenvalue weighted by molar-refractivity contribution is 0.177. The second kappa shape index (κ2) is 4.28. The predicted octanol–water partition coefficient (Wildman–Crippen LogP) is 1.81. The molecule has 0 spiro atoms. The molecule has 2 N–H and O–H groups in total. The van der Waals surface area contributed by atoms with Gasteiger partial charge in [-0.15, -0.1) is 0 Å². The van der Waals surface area contributed by atoms with E-state index in [1.807, 2.05) is 11.5 Å². The van der Waals surface area contributed by atoms with Crippen LogP contribution in [0.15, 0.2) is 18.2 Å². The normalized spacial score (nSPS) is 27.3. The van der Waals surface area contributed by atoms with Crippen molar-refractivity contribution in [1.82, 2.24) is 9.55 Å². The molecule has 0 amide bonds. The van der Waals surface area contributed by atoms with Gasteiger partial charge in [-0.05, 0) is 32.0 Å². The van der Waals surface area contributed by atoms with Gasteiger partial charge >= 0.3 is 0 Å². The lowest BCUT2D eigenvalue weighted by atomic mass is 9.85. The number of imidazole rings is 1. The number of fused-ring (bicyclic) bond motifs is 1. The molecule has 3 rings (SSSR count). The van der Waals surface area contributed by atoms with E-state index in [0.717, 1.165) is 23.4 Å². The van der Waals surface area contributed by atoms with Crippen molar-refractivity contribution in [3.63, 3.8) is 0 Å². The largest absolute Gasteiger partial charge is 0.379 e. The van der Waals surface area contributed by atoms with Gasteiger partial charge in [0.2, 0.25) is 0 Å². The van der Waals surface area contributed by atoms with Crippen molar-refractivity contribution in [1.29, 1.82) is 0 Å². The van der Waals surface area contributed by atoms with Crippen molar-refractivity contribution in [3.8, 4) is 0 Å². The topological polar surface area (TPSA) is 53.1 Å². The number of rotatable bonds is 2. The highest BCUT2D eigenvalue weighted by Crippen LogP contribution is 2.33. The van der Waals surface area contributed by atoms with Crippen LogP contribution >= 0.6 is 0 Å². The Balaban J connectivity index is 2.23. The third kappa shape index (κ3) is 1.76. The molecule has 2 atom stereocenters. The molecular formula is C14H18FN3O. The number of ether oxygens (including phenoxy) is 1. The third-order valence-corrected chi connectivity index (χ3v) is 4.06. The molecule has 4 nitrogen and oxygen atoms in total. The summed E-state index contributed by atoms with van der Waals surface area (Å²) >= 11 is 0. The van der Waals surface area contributed by atoms with Crippen LogP contribution in [0.25, 0.3) is 11.0 Å². The SMILES string of the molecule is CCn1c(C2(C)COCC2N)nc2ccc(F)cc21. The van der Waals surface area contributed by atoms with Crippen LogP contribution in [-0.2, 0) is 16.7 Å². The maximum absolute atomic E-state index is 13.4. The summed E-state index contributed by atoms with van der Waals surface area (Å²) in [5.74, 6) is 0.645. The molecule has 1 aliphatic rings. The Morgan fingerprint density at radius 1 is 1.58 bits per heavy atom. The molecule has 2 aromatic rings. The van der Waals surface area contributed by atoms with Gasteiger partial charge in [-0.25, -0.2) is 9.37 Å². The van der Waals surface area contributed by atoms with E-state index >= 15 is 0 Å². The maximum Gasteiger partial charge on any atom is 0.125 e. The van der Waals surface area contributed by atoms with E-state index in [9.17, 15) is 4.39 Å². The number of nitrogens with zero attached hydrogens (tertiary/aromatic N) is 2. The summed E-state index contributed by atoms with van der Waals surface area (Å²) < 4.78 is 20.9. The van der Waals surface area contributed by atoms with Gasteiger partial charge in [0.1, 0.15) is 11.6 Å². The van der Waals surface area contributed by atoms with Gasteiger partial charge in [0.25, 0.3) is 0 Å². The summed E-state index contributed by atoms with van der Waals surface area (Å²) in [6.45, 7) is 5.92. The van der Waals surface area contributed by atoms with Crippen molar-refractivity contribution < 1.29 is 9.13 Å². The maximum atomic E-state index is 13.4. The van der Waals surface area contributed by atoms with Gasteiger partial charge < -0.3 is 15.0 Å². The van der Waals surface area contributed by atoms with E-state index in [1.165, 1.54) is 12.1 Å². The van der Waals surface area contributed by atoms with Crippen molar-refractivity contribution in [2.24, 2.45) is 5.73 Å². The molecule has 19 heavy (non-hydrogen) atoms. The average Bonchev–Trinajstić information content (AvgIpc) is 2.91.